The molecule has 8 heteroatoms. The molecule has 0 saturated heterocycles. The van der Waals surface area contributed by atoms with Gasteiger partial charge in [0, 0.05) is 21.9 Å². The average Bonchev–Trinajstić information content (AvgIpc) is 2.70. The van der Waals surface area contributed by atoms with Gasteiger partial charge in [0.2, 0.25) is 0 Å². The Balaban J connectivity index is 2.27. The number of aromatic nitrogens is 2. The molecule has 0 amide bonds. The summed E-state index contributed by atoms with van der Waals surface area (Å²) in [6.07, 6.45) is 2.59. The van der Waals surface area contributed by atoms with Crippen LogP contribution in [0.5, 0.6) is 0 Å². The molecule has 0 saturated carbocycles. The molecule has 18 heavy (non-hydrogen) atoms. The predicted octanol–water partition coefficient (Wildman–Crippen LogP) is 2.65. The highest BCUT2D eigenvalue weighted by molar-refractivity contribution is 8.13. The zero-order valence-electron chi connectivity index (χ0n) is 8.85. The molecule has 0 aliphatic rings. The summed E-state index contributed by atoms with van der Waals surface area (Å²) >= 11 is 5.86. The van der Waals surface area contributed by atoms with Crippen LogP contribution in [0, 0.1) is 5.82 Å². The van der Waals surface area contributed by atoms with E-state index in [0.29, 0.717) is 5.56 Å². The number of rotatable bonds is 3. The largest absolute Gasteiger partial charge is 0.332 e. The van der Waals surface area contributed by atoms with Crippen molar-refractivity contribution < 1.29 is 12.8 Å². The first-order chi connectivity index (χ1) is 8.36. The molecule has 0 bridgehead atoms. The molecule has 0 spiro atoms. The smallest absolute Gasteiger partial charge is 0.280 e. The first kappa shape index (κ1) is 13.3. The van der Waals surface area contributed by atoms with Gasteiger partial charge in [-0.1, -0.05) is 17.7 Å². The van der Waals surface area contributed by atoms with Gasteiger partial charge in [0.1, 0.15) is 5.82 Å². The molecule has 96 valence electrons. The third-order valence-corrected chi connectivity index (χ3v) is 3.76. The molecule has 1 aromatic heterocycles. The Labute approximate surface area is 112 Å². The van der Waals surface area contributed by atoms with Crippen molar-refractivity contribution in [2.75, 3.05) is 0 Å². The van der Waals surface area contributed by atoms with Crippen molar-refractivity contribution in [3.05, 3.63) is 47.1 Å². The van der Waals surface area contributed by atoms with Crippen molar-refractivity contribution in [2.45, 2.75) is 11.6 Å². The fourth-order valence-corrected chi connectivity index (χ4v) is 2.30. The molecule has 0 aliphatic heterocycles. The van der Waals surface area contributed by atoms with E-state index in [1.54, 1.807) is 0 Å². The molecule has 0 fully saturated rings. The Morgan fingerprint density at radius 1 is 1.39 bits per heavy atom. The number of imidazole rings is 1. The van der Waals surface area contributed by atoms with E-state index in [1.807, 2.05) is 0 Å². The molecule has 0 radical (unpaired) electrons. The lowest BCUT2D eigenvalue weighted by Gasteiger charge is -2.04. The highest BCUT2D eigenvalue weighted by Gasteiger charge is 2.13. The molecule has 0 aliphatic carbocycles. The molecule has 2 rings (SSSR count). The highest BCUT2D eigenvalue weighted by Crippen LogP contribution is 2.19. The van der Waals surface area contributed by atoms with Crippen LogP contribution in [0.15, 0.2) is 35.7 Å². The van der Waals surface area contributed by atoms with Crippen LogP contribution in [0.3, 0.4) is 0 Å². The standard InChI is InChI=1S/C10H7Cl2FN2O2S/c11-9-3-8(13)2-1-7(9)4-15-5-10(14-6-15)18(12,16)17/h1-3,5-6H,4H2. The molecule has 0 unspecified atom stereocenters. The third-order valence-electron chi connectivity index (χ3n) is 2.23. The number of nitrogens with zero attached hydrogens (tertiary/aromatic N) is 2. The summed E-state index contributed by atoms with van der Waals surface area (Å²) in [6.45, 7) is 0.276. The Morgan fingerprint density at radius 2 is 2.11 bits per heavy atom. The fraction of sp³-hybridized carbons (Fsp3) is 0.100. The second-order valence-electron chi connectivity index (χ2n) is 3.56. The van der Waals surface area contributed by atoms with Crippen LogP contribution >= 0.6 is 22.3 Å². The van der Waals surface area contributed by atoms with Gasteiger partial charge in [-0.15, -0.1) is 0 Å². The first-order valence-electron chi connectivity index (χ1n) is 4.76. The van der Waals surface area contributed by atoms with Crippen molar-refractivity contribution in [3.8, 4) is 0 Å². The van der Waals surface area contributed by atoms with E-state index in [4.69, 9.17) is 22.3 Å². The summed E-state index contributed by atoms with van der Waals surface area (Å²) in [7, 11) is 1.30. The average molecular weight is 309 g/mol. The summed E-state index contributed by atoms with van der Waals surface area (Å²) in [4.78, 5) is 3.66. The van der Waals surface area contributed by atoms with E-state index < -0.39 is 14.9 Å². The summed E-state index contributed by atoms with van der Waals surface area (Å²) < 4.78 is 36.4. The van der Waals surface area contributed by atoms with Crippen LogP contribution in [0.1, 0.15) is 5.56 Å². The van der Waals surface area contributed by atoms with E-state index in [0.717, 1.165) is 0 Å². The predicted molar refractivity (Wildman–Crippen MR) is 65.8 cm³/mol. The van der Waals surface area contributed by atoms with Crippen LogP contribution in [0.25, 0.3) is 0 Å². The quantitative estimate of drug-likeness (QED) is 0.819. The monoisotopic (exact) mass is 308 g/mol. The van der Waals surface area contributed by atoms with Crippen LogP contribution in [0.2, 0.25) is 5.02 Å². The lowest BCUT2D eigenvalue weighted by Crippen LogP contribution is -1.98. The SMILES string of the molecule is O=S(=O)(Cl)c1cn(Cc2ccc(F)cc2Cl)cn1. The van der Waals surface area contributed by atoms with Crippen molar-refractivity contribution in [1.29, 1.82) is 0 Å². The number of hydrogen-bond donors (Lipinski definition) is 0. The fourth-order valence-electron chi connectivity index (χ4n) is 1.40. The van der Waals surface area contributed by atoms with Gasteiger partial charge in [-0.05, 0) is 17.7 Å². The maximum absolute atomic E-state index is 12.8. The molecule has 1 heterocycles. The minimum Gasteiger partial charge on any atom is -0.332 e. The van der Waals surface area contributed by atoms with Gasteiger partial charge < -0.3 is 4.57 Å². The van der Waals surface area contributed by atoms with E-state index >= 15 is 0 Å². The van der Waals surface area contributed by atoms with Crippen molar-refractivity contribution >= 4 is 31.3 Å². The maximum Gasteiger partial charge on any atom is 0.280 e. The lowest BCUT2D eigenvalue weighted by molar-refractivity contribution is 0.606. The van der Waals surface area contributed by atoms with E-state index in [2.05, 4.69) is 4.98 Å². The van der Waals surface area contributed by atoms with Crippen LogP contribution in [0.4, 0.5) is 4.39 Å². The van der Waals surface area contributed by atoms with Crippen LogP contribution < -0.4 is 0 Å². The Kier molecular flexibility index (Phi) is 3.61. The van der Waals surface area contributed by atoms with Gasteiger partial charge in [0.25, 0.3) is 9.05 Å². The summed E-state index contributed by atoms with van der Waals surface area (Å²) in [5.41, 5.74) is 0.647. The summed E-state index contributed by atoms with van der Waals surface area (Å²) in [5, 5.41) is 0.0291. The van der Waals surface area contributed by atoms with E-state index in [1.165, 1.54) is 35.3 Å². The zero-order valence-corrected chi connectivity index (χ0v) is 11.2. The highest BCUT2D eigenvalue weighted by atomic mass is 35.7. The molecule has 4 nitrogen and oxygen atoms in total. The van der Waals surface area contributed by atoms with Crippen molar-refractivity contribution in [2.24, 2.45) is 0 Å². The van der Waals surface area contributed by atoms with Gasteiger partial charge in [-0.25, -0.2) is 17.8 Å². The van der Waals surface area contributed by atoms with Crippen LogP contribution in [-0.4, -0.2) is 18.0 Å². The van der Waals surface area contributed by atoms with E-state index in [-0.39, 0.29) is 16.6 Å². The van der Waals surface area contributed by atoms with Gasteiger partial charge >= 0.3 is 0 Å². The Morgan fingerprint density at radius 3 is 2.67 bits per heavy atom. The molecule has 0 N–H and O–H groups in total. The van der Waals surface area contributed by atoms with E-state index in [9.17, 15) is 12.8 Å². The van der Waals surface area contributed by atoms with Crippen molar-refractivity contribution in [1.82, 2.24) is 9.55 Å². The van der Waals surface area contributed by atoms with Crippen LogP contribution in [-0.2, 0) is 15.6 Å². The number of halogens is 3. The minimum absolute atomic E-state index is 0.234. The second-order valence-corrected chi connectivity index (χ2v) is 6.48. The normalized spacial score (nSPS) is 11.7. The van der Waals surface area contributed by atoms with Gasteiger partial charge in [0.15, 0.2) is 5.03 Å². The second kappa shape index (κ2) is 4.87. The number of benzene rings is 1. The minimum atomic E-state index is -3.84. The maximum atomic E-state index is 12.8. The topological polar surface area (TPSA) is 52.0 Å². The third kappa shape index (κ3) is 3.01. The lowest BCUT2D eigenvalue weighted by atomic mass is 10.2. The molecular weight excluding hydrogens is 302 g/mol. The Hall–Kier alpha value is -1.11. The molecule has 0 atom stereocenters. The van der Waals surface area contributed by atoms with Gasteiger partial charge in [-0.3, -0.25) is 0 Å². The number of hydrogen-bond acceptors (Lipinski definition) is 3. The van der Waals surface area contributed by atoms with Crippen molar-refractivity contribution in [3.63, 3.8) is 0 Å². The molecule has 2 aromatic rings. The summed E-state index contributed by atoms with van der Waals surface area (Å²) in [5.74, 6) is -0.432. The zero-order chi connectivity index (χ0) is 13.3. The molecular formula is C10H7Cl2FN2O2S. The Bertz CT molecular complexity index is 685. The van der Waals surface area contributed by atoms with Gasteiger partial charge in [-0.2, -0.15) is 0 Å². The first-order valence-corrected chi connectivity index (χ1v) is 7.45. The summed E-state index contributed by atoms with van der Waals surface area (Å²) in [6, 6.07) is 3.98. The van der Waals surface area contributed by atoms with Gasteiger partial charge in [0.05, 0.1) is 12.9 Å². The molecule has 1 aromatic carbocycles.